The minimum absolute atomic E-state index is 0.635. The average Bonchev–Trinajstić information content (AvgIpc) is 2.18. The summed E-state index contributed by atoms with van der Waals surface area (Å²) < 4.78 is 5.51. The zero-order valence-electron chi connectivity index (χ0n) is 8.79. The molecular formula is C13H16O. The fourth-order valence-corrected chi connectivity index (χ4v) is 1.00. The monoisotopic (exact) mass is 188 g/mol. The van der Waals surface area contributed by atoms with Gasteiger partial charge in [0.2, 0.25) is 0 Å². The Labute approximate surface area is 85.7 Å². The lowest BCUT2D eigenvalue weighted by Gasteiger charge is -2.03. The van der Waals surface area contributed by atoms with Gasteiger partial charge in [0.25, 0.3) is 0 Å². The minimum atomic E-state index is 0.635. The van der Waals surface area contributed by atoms with Crippen LogP contribution in [0.15, 0.2) is 42.5 Å². The van der Waals surface area contributed by atoms with E-state index in [0.717, 1.165) is 11.3 Å². The largest absolute Gasteiger partial charge is 0.490 e. The van der Waals surface area contributed by atoms with Crippen LogP contribution in [0.25, 0.3) is 6.08 Å². The second-order valence-corrected chi connectivity index (χ2v) is 3.37. The number of ether oxygens (including phenoxy) is 1. The van der Waals surface area contributed by atoms with Crippen molar-refractivity contribution in [3.63, 3.8) is 0 Å². The summed E-state index contributed by atoms with van der Waals surface area (Å²) in [6.07, 6.45) is 3.88. The predicted octanol–water partition coefficient (Wildman–Crippen LogP) is 3.67. The molecule has 0 aromatic heterocycles. The van der Waals surface area contributed by atoms with Crippen LogP contribution in [0.4, 0.5) is 0 Å². The van der Waals surface area contributed by atoms with Crippen molar-refractivity contribution in [2.75, 3.05) is 6.61 Å². The molecule has 1 rings (SSSR count). The van der Waals surface area contributed by atoms with Gasteiger partial charge < -0.3 is 4.74 Å². The highest BCUT2D eigenvalue weighted by Gasteiger charge is 1.91. The van der Waals surface area contributed by atoms with Gasteiger partial charge in [-0.1, -0.05) is 30.4 Å². The van der Waals surface area contributed by atoms with Gasteiger partial charge in [0.15, 0.2) is 0 Å². The quantitative estimate of drug-likeness (QED) is 0.655. The van der Waals surface area contributed by atoms with Crippen LogP contribution in [-0.4, -0.2) is 6.61 Å². The van der Waals surface area contributed by atoms with Crippen molar-refractivity contribution >= 4 is 6.08 Å². The molecule has 0 bridgehead atoms. The lowest BCUT2D eigenvalue weighted by molar-refractivity contribution is 0.362. The van der Waals surface area contributed by atoms with Crippen molar-refractivity contribution < 1.29 is 4.74 Å². The van der Waals surface area contributed by atoms with E-state index < -0.39 is 0 Å². The van der Waals surface area contributed by atoms with Crippen LogP contribution < -0.4 is 4.74 Å². The van der Waals surface area contributed by atoms with E-state index in [2.05, 4.69) is 26.5 Å². The molecule has 0 unspecified atom stereocenters. The van der Waals surface area contributed by atoms with Gasteiger partial charge in [-0.25, -0.2) is 0 Å². The van der Waals surface area contributed by atoms with Crippen molar-refractivity contribution in [2.24, 2.45) is 0 Å². The molecule has 0 aliphatic heterocycles. The molecule has 0 heterocycles. The lowest BCUT2D eigenvalue weighted by atomic mass is 10.2. The lowest BCUT2D eigenvalue weighted by Crippen LogP contribution is -1.93. The van der Waals surface area contributed by atoms with Crippen LogP contribution in [0.3, 0.4) is 0 Å². The Morgan fingerprint density at radius 3 is 2.43 bits per heavy atom. The highest BCUT2D eigenvalue weighted by molar-refractivity contribution is 5.48. The molecule has 0 atom stereocenters. The first-order chi connectivity index (χ1) is 6.72. The second kappa shape index (κ2) is 5.28. The van der Waals surface area contributed by atoms with Crippen LogP contribution in [0, 0.1) is 0 Å². The molecule has 0 aliphatic carbocycles. The predicted molar refractivity (Wildman–Crippen MR) is 61.5 cm³/mol. The van der Waals surface area contributed by atoms with Crippen molar-refractivity contribution in [2.45, 2.75) is 13.8 Å². The number of allylic oxidation sites excluding steroid dienone is 1. The van der Waals surface area contributed by atoms with E-state index in [9.17, 15) is 0 Å². The molecule has 1 nitrogen and oxygen atoms in total. The maximum Gasteiger partial charge on any atom is 0.119 e. The number of hydrogen-bond acceptors (Lipinski definition) is 1. The van der Waals surface area contributed by atoms with Gasteiger partial charge >= 0.3 is 0 Å². The third-order valence-electron chi connectivity index (χ3n) is 1.86. The van der Waals surface area contributed by atoms with E-state index >= 15 is 0 Å². The Morgan fingerprint density at radius 1 is 1.29 bits per heavy atom. The van der Waals surface area contributed by atoms with Crippen LogP contribution in [0.1, 0.15) is 19.4 Å². The molecule has 0 radical (unpaired) electrons. The molecule has 0 saturated heterocycles. The fraction of sp³-hybridized carbons (Fsp3) is 0.231. The molecule has 0 spiro atoms. The van der Waals surface area contributed by atoms with E-state index in [1.165, 1.54) is 5.57 Å². The van der Waals surface area contributed by atoms with Crippen LogP contribution in [-0.2, 0) is 0 Å². The van der Waals surface area contributed by atoms with E-state index in [1.807, 2.05) is 30.3 Å². The van der Waals surface area contributed by atoms with Gasteiger partial charge in [0.05, 0.1) is 0 Å². The highest BCUT2D eigenvalue weighted by atomic mass is 16.5. The summed E-state index contributed by atoms with van der Waals surface area (Å²) >= 11 is 0. The van der Waals surface area contributed by atoms with Crippen molar-refractivity contribution in [1.82, 2.24) is 0 Å². The number of rotatable bonds is 4. The molecule has 0 aliphatic rings. The molecule has 0 saturated carbocycles. The topological polar surface area (TPSA) is 9.23 Å². The second-order valence-electron chi connectivity index (χ2n) is 3.37. The third kappa shape index (κ3) is 3.48. The van der Waals surface area contributed by atoms with E-state index in [-0.39, 0.29) is 0 Å². The molecule has 74 valence electrons. The van der Waals surface area contributed by atoms with Gasteiger partial charge in [-0.05, 0) is 37.6 Å². The first kappa shape index (κ1) is 10.6. The zero-order valence-corrected chi connectivity index (χ0v) is 8.79. The van der Waals surface area contributed by atoms with Crippen LogP contribution in [0.2, 0.25) is 0 Å². The van der Waals surface area contributed by atoms with E-state index in [4.69, 9.17) is 4.74 Å². The molecule has 1 heteroatoms. The smallest absolute Gasteiger partial charge is 0.119 e. The molecule has 14 heavy (non-hydrogen) atoms. The molecule has 0 fully saturated rings. The van der Waals surface area contributed by atoms with Crippen molar-refractivity contribution in [1.29, 1.82) is 0 Å². The summed E-state index contributed by atoms with van der Waals surface area (Å²) in [6.45, 7) is 8.45. The summed E-state index contributed by atoms with van der Waals surface area (Å²) in [6, 6.07) is 7.89. The highest BCUT2D eigenvalue weighted by Crippen LogP contribution is 2.12. The van der Waals surface area contributed by atoms with E-state index in [1.54, 1.807) is 0 Å². The Morgan fingerprint density at radius 2 is 1.93 bits per heavy atom. The molecule has 1 aromatic rings. The van der Waals surface area contributed by atoms with Gasteiger partial charge in [0, 0.05) is 0 Å². The first-order valence-electron chi connectivity index (χ1n) is 4.71. The molecule has 0 N–H and O–H groups in total. The Balaban J connectivity index is 2.52. The summed E-state index contributed by atoms with van der Waals surface area (Å²) in [7, 11) is 0. The summed E-state index contributed by atoms with van der Waals surface area (Å²) in [4.78, 5) is 0. The van der Waals surface area contributed by atoms with Crippen molar-refractivity contribution in [3.05, 3.63) is 48.1 Å². The fourth-order valence-electron chi connectivity index (χ4n) is 1.00. The summed E-state index contributed by atoms with van der Waals surface area (Å²) in [5.74, 6) is 0.896. The molecule has 0 amide bonds. The van der Waals surface area contributed by atoms with Crippen molar-refractivity contribution in [3.8, 4) is 5.75 Å². The third-order valence-corrected chi connectivity index (χ3v) is 1.86. The van der Waals surface area contributed by atoms with Crippen LogP contribution in [0.5, 0.6) is 5.75 Å². The van der Waals surface area contributed by atoms with Gasteiger partial charge in [-0.15, -0.1) is 0 Å². The normalized spacial score (nSPS) is 9.29. The standard InChI is InChI=1S/C13H16O/c1-4-12-5-7-13(8-6-12)14-10-9-11(2)3/h4-9H,1,10H2,2-3H3. The summed E-state index contributed by atoms with van der Waals surface area (Å²) in [5.41, 5.74) is 2.38. The van der Waals surface area contributed by atoms with Gasteiger partial charge in [-0.2, -0.15) is 0 Å². The Kier molecular flexibility index (Phi) is 3.99. The number of benzene rings is 1. The number of hydrogen-bond donors (Lipinski definition) is 0. The maximum atomic E-state index is 5.51. The van der Waals surface area contributed by atoms with Crippen LogP contribution >= 0.6 is 0 Å². The maximum absolute atomic E-state index is 5.51. The minimum Gasteiger partial charge on any atom is -0.490 e. The molecule has 1 aromatic carbocycles. The SMILES string of the molecule is C=Cc1ccc(OCC=C(C)C)cc1. The molecular weight excluding hydrogens is 172 g/mol. The van der Waals surface area contributed by atoms with E-state index in [0.29, 0.717) is 6.61 Å². The Hall–Kier alpha value is -1.50. The van der Waals surface area contributed by atoms with Gasteiger partial charge in [-0.3, -0.25) is 0 Å². The summed E-state index contributed by atoms with van der Waals surface area (Å²) in [5, 5.41) is 0. The first-order valence-corrected chi connectivity index (χ1v) is 4.71. The zero-order chi connectivity index (χ0) is 10.4. The average molecular weight is 188 g/mol. The van der Waals surface area contributed by atoms with Gasteiger partial charge in [0.1, 0.15) is 12.4 Å². The Bertz CT molecular complexity index is 316.